The summed E-state index contributed by atoms with van der Waals surface area (Å²) < 4.78 is 1.81. The van der Waals surface area contributed by atoms with Crippen LogP contribution in [-0.2, 0) is 17.9 Å². The van der Waals surface area contributed by atoms with E-state index in [9.17, 15) is 4.79 Å². The smallest absolute Gasteiger partial charge is 0.239 e. The molecule has 0 fully saturated rings. The summed E-state index contributed by atoms with van der Waals surface area (Å²) in [6.07, 6.45) is 1.71. The molecule has 126 valence electrons. The maximum absolute atomic E-state index is 12.3. The van der Waals surface area contributed by atoms with E-state index in [1.54, 1.807) is 28.9 Å². The highest BCUT2D eigenvalue weighted by atomic mass is 32.1. The van der Waals surface area contributed by atoms with Crippen LogP contribution in [0.1, 0.15) is 15.3 Å². The Bertz CT molecular complexity index is 791. The van der Waals surface area contributed by atoms with Gasteiger partial charge < -0.3 is 5.32 Å². The van der Waals surface area contributed by atoms with Gasteiger partial charge in [-0.3, -0.25) is 9.69 Å². The number of rotatable bonds is 7. The summed E-state index contributed by atoms with van der Waals surface area (Å²) in [5.74, 6) is 0.703. The zero-order valence-corrected chi connectivity index (χ0v) is 15.4. The van der Waals surface area contributed by atoms with Crippen LogP contribution in [0.2, 0.25) is 0 Å². The normalized spacial score (nSPS) is 11.1. The Kier molecular flexibility index (Phi) is 5.44. The van der Waals surface area contributed by atoms with Crippen LogP contribution < -0.4 is 5.32 Å². The van der Waals surface area contributed by atoms with E-state index >= 15 is 0 Å². The van der Waals surface area contributed by atoms with E-state index < -0.39 is 0 Å². The summed E-state index contributed by atoms with van der Waals surface area (Å²) in [4.78, 5) is 16.8. The highest BCUT2D eigenvalue weighted by Gasteiger charge is 2.12. The van der Waals surface area contributed by atoms with Crippen molar-refractivity contribution in [3.8, 4) is 0 Å². The van der Waals surface area contributed by atoms with Gasteiger partial charge in [-0.15, -0.1) is 22.7 Å². The number of carbonyl (C=O) groups excluding carboxylic acids is 1. The van der Waals surface area contributed by atoms with Gasteiger partial charge in [0.1, 0.15) is 5.82 Å². The maximum Gasteiger partial charge on any atom is 0.239 e. The number of hydrogen-bond donors (Lipinski definition) is 1. The largest absolute Gasteiger partial charge is 0.310 e. The van der Waals surface area contributed by atoms with Gasteiger partial charge in [-0.2, -0.15) is 5.10 Å². The summed E-state index contributed by atoms with van der Waals surface area (Å²) in [5, 5.41) is 11.4. The van der Waals surface area contributed by atoms with Gasteiger partial charge in [0.2, 0.25) is 5.91 Å². The number of amides is 1. The van der Waals surface area contributed by atoms with Crippen molar-refractivity contribution in [2.45, 2.75) is 20.0 Å². The van der Waals surface area contributed by atoms with E-state index in [1.807, 2.05) is 34.1 Å². The van der Waals surface area contributed by atoms with E-state index in [4.69, 9.17) is 0 Å². The molecular formula is C17H20N4OS2. The van der Waals surface area contributed by atoms with E-state index in [0.717, 1.165) is 12.4 Å². The third-order valence-electron chi connectivity index (χ3n) is 3.66. The highest BCUT2D eigenvalue weighted by molar-refractivity contribution is 7.10. The molecule has 0 aromatic carbocycles. The summed E-state index contributed by atoms with van der Waals surface area (Å²) in [7, 11) is 1.96. The molecule has 1 N–H and O–H groups in total. The minimum Gasteiger partial charge on any atom is -0.310 e. The number of nitrogens with zero attached hydrogens (tertiary/aromatic N) is 3. The van der Waals surface area contributed by atoms with Crippen molar-refractivity contribution in [2.75, 3.05) is 18.9 Å². The second-order valence-electron chi connectivity index (χ2n) is 5.70. The fourth-order valence-corrected chi connectivity index (χ4v) is 4.08. The second-order valence-corrected chi connectivity index (χ2v) is 7.73. The van der Waals surface area contributed by atoms with Gasteiger partial charge in [-0.1, -0.05) is 6.07 Å². The molecule has 0 radical (unpaired) electrons. The molecule has 1 amide bonds. The summed E-state index contributed by atoms with van der Waals surface area (Å²) in [5.41, 5.74) is 1.28. The molecule has 0 spiro atoms. The number of carbonyl (C=O) groups is 1. The molecule has 0 aliphatic rings. The predicted molar refractivity (Wildman–Crippen MR) is 99.7 cm³/mol. The fourth-order valence-electron chi connectivity index (χ4n) is 2.41. The molecule has 0 atom stereocenters. The first-order valence-electron chi connectivity index (χ1n) is 7.67. The highest BCUT2D eigenvalue weighted by Crippen LogP contribution is 2.17. The number of aromatic nitrogens is 2. The molecular weight excluding hydrogens is 340 g/mol. The Morgan fingerprint density at radius 3 is 2.88 bits per heavy atom. The molecule has 24 heavy (non-hydrogen) atoms. The summed E-state index contributed by atoms with van der Waals surface area (Å²) in [6.45, 7) is 3.90. The minimum absolute atomic E-state index is 0.0281. The van der Waals surface area contributed by atoms with Gasteiger partial charge in [0.25, 0.3) is 0 Å². The number of aryl methyl sites for hydroxylation is 1. The molecule has 7 heteroatoms. The van der Waals surface area contributed by atoms with E-state index in [0.29, 0.717) is 13.1 Å². The number of anilines is 1. The first-order valence-corrected chi connectivity index (χ1v) is 9.43. The monoisotopic (exact) mass is 360 g/mol. The lowest BCUT2D eigenvalue weighted by Crippen LogP contribution is -2.30. The average Bonchev–Trinajstić information content (AvgIpc) is 3.25. The number of hydrogen-bond acceptors (Lipinski definition) is 5. The first-order chi connectivity index (χ1) is 11.6. The predicted octanol–water partition coefficient (Wildman–Crippen LogP) is 3.43. The Morgan fingerprint density at radius 1 is 1.29 bits per heavy atom. The quantitative estimate of drug-likeness (QED) is 0.702. The van der Waals surface area contributed by atoms with Crippen molar-refractivity contribution < 1.29 is 4.79 Å². The molecule has 0 unspecified atom stereocenters. The molecule has 3 aromatic heterocycles. The number of nitrogens with one attached hydrogen (secondary N) is 1. The first kappa shape index (κ1) is 16.9. The van der Waals surface area contributed by atoms with Crippen molar-refractivity contribution in [3.63, 3.8) is 0 Å². The zero-order valence-electron chi connectivity index (χ0n) is 13.7. The van der Waals surface area contributed by atoms with E-state index in [-0.39, 0.29) is 5.91 Å². The standard InChI is InChI=1S/C17H20N4OS2/c1-13-6-9-24-15(13)11-20(2)12-17(22)19-16-5-7-18-21(16)10-14-4-3-8-23-14/h3-9H,10-12H2,1-2H3,(H,19,22). The second kappa shape index (κ2) is 7.74. The van der Waals surface area contributed by atoms with Crippen LogP contribution in [0.5, 0.6) is 0 Å². The fraction of sp³-hybridized carbons (Fsp3) is 0.294. The van der Waals surface area contributed by atoms with Crippen molar-refractivity contribution >= 4 is 34.4 Å². The van der Waals surface area contributed by atoms with Crippen LogP contribution in [0.25, 0.3) is 0 Å². The Morgan fingerprint density at radius 2 is 2.17 bits per heavy atom. The van der Waals surface area contributed by atoms with Crippen molar-refractivity contribution in [1.29, 1.82) is 0 Å². The lowest BCUT2D eigenvalue weighted by molar-refractivity contribution is -0.117. The van der Waals surface area contributed by atoms with Gasteiger partial charge >= 0.3 is 0 Å². The Hall–Kier alpha value is -1.96. The molecule has 3 aromatic rings. The van der Waals surface area contributed by atoms with Crippen LogP contribution in [0, 0.1) is 6.92 Å². The molecule has 0 bridgehead atoms. The molecule has 0 aliphatic heterocycles. The summed E-state index contributed by atoms with van der Waals surface area (Å²) >= 11 is 3.41. The molecule has 5 nitrogen and oxygen atoms in total. The van der Waals surface area contributed by atoms with Crippen LogP contribution >= 0.6 is 22.7 Å². The van der Waals surface area contributed by atoms with Crippen molar-refractivity contribution in [1.82, 2.24) is 14.7 Å². The van der Waals surface area contributed by atoms with E-state index in [2.05, 4.69) is 34.9 Å². The number of likely N-dealkylation sites (N-methyl/N-ethyl adjacent to an activating group) is 1. The number of thiophene rings is 2. The topological polar surface area (TPSA) is 50.2 Å². The van der Waals surface area contributed by atoms with Crippen LogP contribution in [0.4, 0.5) is 5.82 Å². The third kappa shape index (κ3) is 4.31. The lowest BCUT2D eigenvalue weighted by Gasteiger charge is -2.16. The minimum atomic E-state index is -0.0281. The molecule has 3 rings (SSSR count). The third-order valence-corrected chi connectivity index (χ3v) is 5.53. The molecule has 3 heterocycles. The van der Waals surface area contributed by atoms with Crippen LogP contribution in [-0.4, -0.2) is 34.2 Å². The molecule has 0 saturated heterocycles. The van der Waals surface area contributed by atoms with Crippen molar-refractivity contribution in [2.24, 2.45) is 0 Å². The average molecular weight is 361 g/mol. The van der Waals surface area contributed by atoms with Gasteiger partial charge in [-0.25, -0.2) is 4.68 Å². The van der Waals surface area contributed by atoms with Crippen LogP contribution in [0.15, 0.2) is 41.2 Å². The SMILES string of the molecule is Cc1ccsc1CN(C)CC(=O)Nc1ccnn1Cc1cccs1. The Balaban J connectivity index is 1.55. The van der Waals surface area contributed by atoms with E-state index in [1.165, 1.54) is 15.3 Å². The zero-order chi connectivity index (χ0) is 16.9. The van der Waals surface area contributed by atoms with Crippen molar-refractivity contribution in [3.05, 3.63) is 56.5 Å². The van der Waals surface area contributed by atoms with Crippen LogP contribution in [0.3, 0.4) is 0 Å². The maximum atomic E-state index is 12.3. The van der Waals surface area contributed by atoms with Gasteiger partial charge in [0.05, 0.1) is 19.3 Å². The summed E-state index contributed by atoms with van der Waals surface area (Å²) in [6, 6.07) is 8.02. The lowest BCUT2D eigenvalue weighted by atomic mass is 10.3. The molecule has 0 saturated carbocycles. The molecule has 0 aliphatic carbocycles. The van der Waals surface area contributed by atoms with Gasteiger partial charge in [0.15, 0.2) is 0 Å². The Labute approximate surface area is 149 Å². The van der Waals surface area contributed by atoms with Gasteiger partial charge in [0, 0.05) is 22.4 Å². The van der Waals surface area contributed by atoms with Gasteiger partial charge in [-0.05, 0) is 42.4 Å².